The average molecular weight is 620 g/mol. The topological polar surface area (TPSA) is 110 Å². The summed E-state index contributed by atoms with van der Waals surface area (Å²) >= 11 is 0. The van der Waals surface area contributed by atoms with Crippen molar-refractivity contribution in [3.05, 3.63) is 89.5 Å². The number of ether oxygens (including phenoxy) is 1. The molecule has 2 N–H and O–H groups in total. The summed E-state index contributed by atoms with van der Waals surface area (Å²) in [6, 6.07) is 18.3. The Morgan fingerprint density at radius 3 is 1.91 bits per heavy atom. The fourth-order valence-corrected chi connectivity index (χ4v) is 6.91. The Bertz CT molecular complexity index is 1490. The van der Waals surface area contributed by atoms with Gasteiger partial charge in [0, 0.05) is 11.1 Å². The van der Waals surface area contributed by atoms with Gasteiger partial charge in [0.05, 0.1) is 11.5 Å². The number of esters is 1. The number of ketones is 1. The van der Waals surface area contributed by atoms with E-state index in [1.54, 1.807) is 48.5 Å². The number of hydrogen-bond donors (Lipinski definition) is 2. The van der Waals surface area contributed by atoms with Gasteiger partial charge >= 0.3 is 5.97 Å². The average Bonchev–Trinajstić information content (AvgIpc) is 3.33. The van der Waals surface area contributed by atoms with Crippen molar-refractivity contribution < 1.29 is 27.9 Å². The van der Waals surface area contributed by atoms with Crippen LogP contribution in [-0.2, 0) is 19.6 Å². The molecule has 8 heteroatoms. The van der Waals surface area contributed by atoms with Gasteiger partial charge in [0.2, 0.25) is 10.0 Å². The summed E-state index contributed by atoms with van der Waals surface area (Å²) in [5, 5.41) is 11.1. The Labute approximate surface area is 262 Å². The fourth-order valence-electron chi connectivity index (χ4n) is 5.70. The Morgan fingerprint density at radius 1 is 0.727 bits per heavy atom. The molecule has 0 amide bonds. The fraction of sp³-hybridized carbons (Fsp3) is 0.444. The van der Waals surface area contributed by atoms with Crippen molar-refractivity contribution in [2.24, 2.45) is 0 Å². The van der Waals surface area contributed by atoms with Gasteiger partial charge in [0.1, 0.15) is 12.1 Å². The molecule has 1 aliphatic rings. The van der Waals surface area contributed by atoms with Crippen LogP contribution in [0, 0.1) is 0 Å². The highest BCUT2D eigenvalue weighted by molar-refractivity contribution is 7.89. The first-order valence-electron chi connectivity index (χ1n) is 16.0. The van der Waals surface area contributed by atoms with E-state index in [0.717, 1.165) is 24.8 Å². The second kappa shape index (κ2) is 16.7. The highest BCUT2D eigenvalue weighted by Gasteiger charge is 2.35. The molecular weight excluding hydrogens is 574 g/mol. The summed E-state index contributed by atoms with van der Waals surface area (Å²) < 4.78 is 34.9. The van der Waals surface area contributed by atoms with E-state index < -0.39 is 28.1 Å². The van der Waals surface area contributed by atoms with E-state index in [1.807, 2.05) is 12.1 Å². The van der Waals surface area contributed by atoms with Crippen molar-refractivity contribution >= 4 is 21.8 Å². The minimum atomic E-state index is -4.31. The number of rotatable bonds is 19. The molecule has 0 bridgehead atoms. The molecule has 0 saturated heterocycles. The van der Waals surface area contributed by atoms with Crippen LogP contribution in [0.4, 0.5) is 0 Å². The van der Waals surface area contributed by atoms with E-state index in [9.17, 15) is 23.1 Å². The van der Waals surface area contributed by atoms with Crippen molar-refractivity contribution in [2.45, 2.75) is 101 Å². The van der Waals surface area contributed by atoms with Gasteiger partial charge in [-0.3, -0.25) is 9.59 Å². The lowest BCUT2D eigenvalue weighted by Crippen LogP contribution is -2.46. The first kappa shape index (κ1) is 33.6. The van der Waals surface area contributed by atoms with Crippen molar-refractivity contribution in [2.75, 3.05) is 6.61 Å². The lowest BCUT2D eigenvalue weighted by molar-refractivity contribution is -0.148. The van der Waals surface area contributed by atoms with E-state index in [1.165, 1.54) is 63.5 Å². The van der Waals surface area contributed by atoms with Crippen LogP contribution in [0.2, 0.25) is 0 Å². The van der Waals surface area contributed by atoms with Gasteiger partial charge in [0.25, 0.3) is 0 Å². The first-order valence-corrected chi connectivity index (χ1v) is 17.5. The van der Waals surface area contributed by atoms with Crippen molar-refractivity contribution in [3.8, 4) is 11.1 Å². The number of carbonyl (C=O) groups is 2. The summed E-state index contributed by atoms with van der Waals surface area (Å²) in [6.07, 6.45) is 12.6. The number of aliphatic hydroxyl groups excluding tert-OH is 1. The molecule has 0 fully saturated rings. The van der Waals surface area contributed by atoms with Gasteiger partial charge < -0.3 is 9.84 Å². The molecule has 0 heterocycles. The van der Waals surface area contributed by atoms with Crippen LogP contribution in [0.3, 0.4) is 0 Å². The lowest BCUT2D eigenvalue weighted by Gasteiger charge is -2.23. The molecule has 44 heavy (non-hydrogen) atoms. The molecule has 4 rings (SSSR count). The molecule has 0 spiro atoms. The number of unbranched alkanes of at least 4 members (excludes halogenated alkanes) is 11. The van der Waals surface area contributed by atoms with Crippen LogP contribution in [0.1, 0.15) is 112 Å². The van der Waals surface area contributed by atoms with Crippen molar-refractivity contribution in [1.82, 2.24) is 4.72 Å². The third-order valence-corrected chi connectivity index (χ3v) is 9.68. The monoisotopic (exact) mass is 619 g/mol. The number of aliphatic hydroxyl groups is 1. The van der Waals surface area contributed by atoms with Crippen LogP contribution in [0.25, 0.3) is 11.1 Å². The van der Waals surface area contributed by atoms with Gasteiger partial charge in [0.15, 0.2) is 5.78 Å². The lowest BCUT2D eigenvalue weighted by atomic mass is 10.0. The maximum absolute atomic E-state index is 13.5. The predicted molar refractivity (Wildman–Crippen MR) is 173 cm³/mol. The first-order chi connectivity index (χ1) is 21.3. The van der Waals surface area contributed by atoms with Gasteiger partial charge in [-0.25, -0.2) is 8.42 Å². The van der Waals surface area contributed by atoms with Gasteiger partial charge in [-0.2, -0.15) is 4.72 Å². The summed E-state index contributed by atoms with van der Waals surface area (Å²) in [7, 11) is -4.31. The zero-order valence-electron chi connectivity index (χ0n) is 25.7. The highest BCUT2D eigenvalue weighted by Crippen LogP contribution is 2.37. The second-order valence-corrected chi connectivity index (χ2v) is 13.3. The van der Waals surface area contributed by atoms with Gasteiger partial charge in [-0.15, -0.1) is 0 Å². The molecule has 0 unspecified atom stereocenters. The number of nitrogens with one attached hydrogen (secondary N) is 1. The molecule has 3 aromatic carbocycles. The Balaban J connectivity index is 1.33. The minimum absolute atomic E-state index is 0.140. The number of benzene rings is 3. The Morgan fingerprint density at radius 2 is 1.27 bits per heavy atom. The zero-order valence-corrected chi connectivity index (χ0v) is 26.5. The molecule has 2 atom stereocenters. The van der Waals surface area contributed by atoms with E-state index in [2.05, 4.69) is 11.6 Å². The van der Waals surface area contributed by atoms with Crippen LogP contribution in [0.15, 0.2) is 77.7 Å². The largest absolute Gasteiger partial charge is 0.464 e. The van der Waals surface area contributed by atoms with Crippen molar-refractivity contribution in [1.29, 1.82) is 0 Å². The van der Waals surface area contributed by atoms with Crippen LogP contribution in [-0.4, -0.2) is 37.9 Å². The molecule has 7 nitrogen and oxygen atoms in total. The summed E-state index contributed by atoms with van der Waals surface area (Å²) in [5.41, 5.74) is 2.59. The van der Waals surface area contributed by atoms with Crippen LogP contribution < -0.4 is 4.72 Å². The molecule has 0 aliphatic heterocycles. The predicted octanol–water partition coefficient (Wildman–Crippen LogP) is 7.52. The van der Waals surface area contributed by atoms with E-state index in [4.69, 9.17) is 4.74 Å². The number of hydrogen-bond acceptors (Lipinski definition) is 6. The molecule has 236 valence electrons. The summed E-state index contributed by atoms with van der Waals surface area (Å²) in [4.78, 5) is 26.0. The maximum Gasteiger partial charge on any atom is 0.327 e. The normalized spacial score (nSPS) is 13.7. The second-order valence-electron chi connectivity index (χ2n) is 11.6. The maximum atomic E-state index is 13.5. The third kappa shape index (κ3) is 8.87. The SMILES string of the molecule is CCCCCCCCCCCCCCOC(=O)[C@@H](NS(=O)(=O)c1ccc2c(c1)C(=O)c1ccccc1-2)[C@@H](O)c1ccccc1. The Kier molecular flexibility index (Phi) is 12.7. The van der Waals surface area contributed by atoms with Gasteiger partial charge in [-0.1, -0.05) is 138 Å². The third-order valence-electron chi connectivity index (χ3n) is 8.24. The van der Waals surface area contributed by atoms with Crippen LogP contribution >= 0.6 is 0 Å². The highest BCUT2D eigenvalue weighted by atomic mass is 32.2. The molecule has 1 aliphatic carbocycles. The molecule has 3 aromatic rings. The van der Waals surface area contributed by atoms with E-state index in [0.29, 0.717) is 23.1 Å². The standard InChI is InChI=1S/C36H45NO6S/c1-2-3-4-5-6-7-8-9-10-11-12-18-25-43-36(40)33(34(38)27-19-14-13-15-20-27)37-44(41,42)28-23-24-30-29-21-16-17-22-31(29)35(39)32(30)26-28/h13-17,19-24,26,33-34,37-38H,2-12,18,25H2,1H3/t33-,34-/m0/s1. The van der Waals surface area contributed by atoms with Crippen molar-refractivity contribution in [3.63, 3.8) is 0 Å². The molecular formula is C36H45NO6S. The molecule has 0 aromatic heterocycles. The minimum Gasteiger partial charge on any atom is -0.464 e. The number of carbonyl (C=O) groups excluding carboxylic acids is 2. The van der Waals surface area contributed by atoms with E-state index >= 15 is 0 Å². The smallest absolute Gasteiger partial charge is 0.327 e. The molecule has 0 saturated carbocycles. The molecule has 0 radical (unpaired) electrons. The number of sulfonamides is 1. The number of fused-ring (bicyclic) bond motifs is 3. The Hall–Kier alpha value is -3.33. The van der Waals surface area contributed by atoms with Crippen LogP contribution in [0.5, 0.6) is 0 Å². The van der Waals surface area contributed by atoms with E-state index in [-0.39, 0.29) is 22.8 Å². The van der Waals surface area contributed by atoms with Gasteiger partial charge in [-0.05, 0) is 35.2 Å². The quantitative estimate of drug-likeness (QED) is 0.0830. The summed E-state index contributed by atoms with van der Waals surface area (Å²) in [5.74, 6) is -1.10. The summed E-state index contributed by atoms with van der Waals surface area (Å²) in [6.45, 7) is 2.37. The zero-order chi connectivity index (χ0) is 31.4.